The van der Waals surface area contributed by atoms with Crippen molar-refractivity contribution in [3.8, 4) is 0 Å². The second kappa shape index (κ2) is 3.80. The molecule has 62 valence electrons. The van der Waals surface area contributed by atoms with Gasteiger partial charge in [0.2, 0.25) is 0 Å². The summed E-state index contributed by atoms with van der Waals surface area (Å²) in [6, 6.07) is 10.3. The zero-order valence-corrected chi connectivity index (χ0v) is 7.88. The lowest BCUT2D eigenvalue weighted by Gasteiger charge is -2.24. The minimum Gasteiger partial charge on any atom is -0.0654 e. The van der Waals surface area contributed by atoms with Gasteiger partial charge in [-0.3, -0.25) is 0 Å². The predicted octanol–water partition coefficient (Wildman–Crippen LogP) is 2.87. The van der Waals surface area contributed by atoms with Gasteiger partial charge in [-0.15, -0.1) is 0 Å². The zero-order chi connectivity index (χ0) is 9.03. The van der Waals surface area contributed by atoms with Gasteiger partial charge in [0.25, 0.3) is 0 Å². The van der Waals surface area contributed by atoms with Gasteiger partial charge >= 0.3 is 0 Å². The summed E-state index contributed by atoms with van der Waals surface area (Å²) in [5.41, 5.74) is 1.23. The van der Waals surface area contributed by atoms with Crippen molar-refractivity contribution in [1.29, 1.82) is 0 Å². The van der Waals surface area contributed by atoms with Crippen LogP contribution < -0.4 is 0 Å². The molecule has 1 rings (SSSR count). The molecular formula is C11H15B. The SMILES string of the molecule is [B]C(C)(CCC)c1ccccc1. The molecule has 0 spiro atoms. The third-order valence-corrected chi connectivity index (χ3v) is 2.20. The van der Waals surface area contributed by atoms with Crippen molar-refractivity contribution < 1.29 is 0 Å². The quantitative estimate of drug-likeness (QED) is 0.593. The van der Waals surface area contributed by atoms with E-state index in [1.807, 2.05) is 18.2 Å². The average molecular weight is 158 g/mol. The van der Waals surface area contributed by atoms with Gasteiger partial charge in [-0.05, 0) is 5.31 Å². The van der Waals surface area contributed by atoms with E-state index in [1.165, 1.54) is 5.56 Å². The van der Waals surface area contributed by atoms with Crippen LogP contribution in [0.3, 0.4) is 0 Å². The maximum atomic E-state index is 6.15. The summed E-state index contributed by atoms with van der Waals surface area (Å²) in [6.45, 7) is 4.25. The van der Waals surface area contributed by atoms with Crippen LogP contribution in [0.15, 0.2) is 30.3 Å². The first-order valence-electron chi connectivity index (χ1n) is 4.51. The molecule has 0 aliphatic heterocycles. The Balaban J connectivity index is 2.82. The molecule has 12 heavy (non-hydrogen) atoms. The fourth-order valence-electron chi connectivity index (χ4n) is 1.48. The van der Waals surface area contributed by atoms with E-state index in [-0.39, 0.29) is 5.31 Å². The van der Waals surface area contributed by atoms with Crippen LogP contribution >= 0.6 is 0 Å². The van der Waals surface area contributed by atoms with E-state index < -0.39 is 0 Å². The highest BCUT2D eigenvalue weighted by atomic mass is 14.2. The molecule has 0 N–H and O–H groups in total. The molecule has 0 fully saturated rings. The first kappa shape index (κ1) is 9.37. The molecule has 0 saturated carbocycles. The fraction of sp³-hybridized carbons (Fsp3) is 0.455. The third kappa shape index (κ3) is 2.13. The van der Waals surface area contributed by atoms with Gasteiger partial charge in [-0.2, -0.15) is 0 Å². The molecule has 2 radical (unpaired) electrons. The largest absolute Gasteiger partial charge is 0.0806 e. The fourth-order valence-corrected chi connectivity index (χ4v) is 1.48. The highest BCUT2D eigenvalue weighted by Gasteiger charge is 2.17. The zero-order valence-electron chi connectivity index (χ0n) is 7.88. The predicted molar refractivity (Wildman–Crippen MR) is 54.5 cm³/mol. The van der Waals surface area contributed by atoms with Gasteiger partial charge in [-0.1, -0.05) is 62.6 Å². The van der Waals surface area contributed by atoms with E-state index in [0.29, 0.717) is 0 Å². The highest BCUT2D eigenvalue weighted by Crippen LogP contribution is 2.24. The molecular weight excluding hydrogens is 143 g/mol. The van der Waals surface area contributed by atoms with Crippen LogP contribution in [0.25, 0.3) is 0 Å². The Bertz CT molecular complexity index is 226. The number of benzene rings is 1. The van der Waals surface area contributed by atoms with E-state index >= 15 is 0 Å². The Kier molecular flexibility index (Phi) is 2.96. The first-order chi connectivity index (χ1) is 5.67. The second-order valence-electron chi connectivity index (χ2n) is 3.53. The highest BCUT2D eigenvalue weighted by molar-refractivity contribution is 6.15. The van der Waals surface area contributed by atoms with Gasteiger partial charge in [-0.25, -0.2) is 0 Å². The topological polar surface area (TPSA) is 0 Å². The van der Waals surface area contributed by atoms with Crippen LogP contribution in [0.4, 0.5) is 0 Å². The van der Waals surface area contributed by atoms with Gasteiger partial charge in [0.05, 0.1) is 7.85 Å². The molecule has 0 aliphatic rings. The monoisotopic (exact) mass is 158 g/mol. The number of hydrogen-bond acceptors (Lipinski definition) is 0. The minimum absolute atomic E-state index is 0.157. The molecule has 0 nitrogen and oxygen atoms in total. The lowest BCUT2D eigenvalue weighted by Crippen LogP contribution is -2.21. The van der Waals surface area contributed by atoms with Crippen molar-refractivity contribution in [2.24, 2.45) is 0 Å². The maximum Gasteiger partial charge on any atom is 0.0806 e. The van der Waals surface area contributed by atoms with Crippen LogP contribution in [0.5, 0.6) is 0 Å². The molecule has 0 amide bonds. The molecule has 1 aromatic rings. The average Bonchev–Trinajstić information content (AvgIpc) is 2.06. The molecule has 1 heteroatoms. The summed E-state index contributed by atoms with van der Waals surface area (Å²) < 4.78 is 0. The Morgan fingerprint density at radius 3 is 2.33 bits per heavy atom. The van der Waals surface area contributed by atoms with Gasteiger partial charge in [0.1, 0.15) is 0 Å². The van der Waals surface area contributed by atoms with Crippen LogP contribution in [0.2, 0.25) is 0 Å². The summed E-state index contributed by atoms with van der Waals surface area (Å²) in [5.74, 6) is 0. The lowest BCUT2D eigenvalue weighted by molar-refractivity contribution is 0.595. The summed E-state index contributed by atoms with van der Waals surface area (Å²) in [4.78, 5) is 0. The molecule has 0 aromatic heterocycles. The molecule has 0 saturated heterocycles. The Morgan fingerprint density at radius 2 is 1.83 bits per heavy atom. The Labute approximate surface area is 76.4 Å². The lowest BCUT2D eigenvalue weighted by atomic mass is 9.63. The van der Waals surface area contributed by atoms with Crippen molar-refractivity contribution in [3.63, 3.8) is 0 Å². The number of rotatable bonds is 3. The molecule has 0 heterocycles. The van der Waals surface area contributed by atoms with E-state index in [1.54, 1.807) is 0 Å². The Hall–Kier alpha value is -0.715. The summed E-state index contributed by atoms with van der Waals surface area (Å²) >= 11 is 0. The van der Waals surface area contributed by atoms with E-state index in [0.717, 1.165) is 12.8 Å². The molecule has 0 aliphatic carbocycles. The van der Waals surface area contributed by atoms with E-state index in [4.69, 9.17) is 7.85 Å². The summed E-state index contributed by atoms with van der Waals surface area (Å²) in [6.07, 6.45) is 2.17. The summed E-state index contributed by atoms with van der Waals surface area (Å²) in [5, 5.41) is -0.157. The smallest absolute Gasteiger partial charge is 0.0654 e. The van der Waals surface area contributed by atoms with Crippen LogP contribution in [0, 0.1) is 0 Å². The van der Waals surface area contributed by atoms with Gasteiger partial charge < -0.3 is 0 Å². The van der Waals surface area contributed by atoms with E-state index in [2.05, 4.69) is 26.0 Å². The molecule has 1 atom stereocenters. The summed E-state index contributed by atoms with van der Waals surface area (Å²) in [7, 11) is 6.15. The van der Waals surface area contributed by atoms with Crippen molar-refractivity contribution in [3.05, 3.63) is 35.9 Å². The number of hydrogen-bond donors (Lipinski definition) is 0. The molecule has 1 unspecified atom stereocenters. The molecule has 1 aromatic carbocycles. The van der Waals surface area contributed by atoms with Crippen molar-refractivity contribution >= 4 is 7.85 Å². The Morgan fingerprint density at radius 1 is 1.25 bits per heavy atom. The minimum atomic E-state index is -0.157. The van der Waals surface area contributed by atoms with Crippen LogP contribution in [0.1, 0.15) is 32.3 Å². The molecule has 0 bridgehead atoms. The standard InChI is InChI=1S/C11H15B/c1-3-9-11(2,12)10-7-5-4-6-8-10/h4-8H,3,9H2,1-2H3. The van der Waals surface area contributed by atoms with Crippen LogP contribution in [-0.4, -0.2) is 7.85 Å². The van der Waals surface area contributed by atoms with Gasteiger partial charge in [0, 0.05) is 0 Å². The first-order valence-corrected chi connectivity index (χ1v) is 4.51. The van der Waals surface area contributed by atoms with Crippen LogP contribution in [-0.2, 0) is 5.31 Å². The maximum absolute atomic E-state index is 6.15. The van der Waals surface area contributed by atoms with E-state index in [9.17, 15) is 0 Å². The third-order valence-electron chi connectivity index (χ3n) is 2.20. The normalized spacial score (nSPS) is 15.5. The van der Waals surface area contributed by atoms with Crippen molar-refractivity contribution in [2.45, 2.75) is 32.0 Å². The van der Waals surface area contributed by atoms with Crippen molar-refractivity contribution in [2.75, 3.05) is 0 Å². The second-order valence-corrected chi connectivity index (χ2v) is 3.53. The van der Waals surface area contributed by atoms with Crippen molar-refractivity contribution in [1.82, 2.24) is 0 Å². The van der Waals surface area contributed by atoms with Gasteiger partial charge in [0.15, 0.2) is 0 Å².